The Morgan fingerprint density at radius 2 is 1.75 bits per heavy atom. The van der Waals surface area contributed by atoms with Crippen LogP contribution in [0.2, 0.25) is 0 Å². The number of hydrogen-bond acceptors (Lipinski definition) is 4. The van der Waals surface area contributed by atoms with Crippen LogP contribution in [0.4, 0.5) is 0 Å². The monoisotopic (exact) mass is 321 g/mol. The third-order valence-electron chi connectivity index (χ3n) is 4.04. The minimum Gasteiger partial charge on any atom is -0.508 e. The Labute approximate surface area is 138 Å². The Bertz CT molecular complexity index is 938. The Balaban J connectivity index is 2.10. The lowest BCUT2D eigenvalue weighted by atomic mass is 10.0. The standard InChI is InChI=1S/C19H15NO4/c1-12(19(24)13-6-8-15(22)9-7-13)20-10-14-4-2-3-5-16(14)18(20)17(23)11-21/h2-12,22H,1H3. The van der Waals surface area contributed by atoms with Crippen molar-refractivity contribution in [3.63, 3.8) is 0 Å². The predicted molar refractivity (Wildman–Crippen MR) is 89.5 cm³/mol. The predicted octanol–water partition coefficient (Wildman–Crippen LogP) is 3.17. The molecular formula is C19H15NO4. The van der Waals surface area contributed by atoms with Crippen LogP contribution in [0.25, 0.3) is 10.8 Å². The van der Waals surface area contributed by atoms with Gasteiger partial charge < -0.3 is 9.67 Å². The van der Waals surface area contributed by atoms with Crippen LogP contribution in [-0.2, 0) is 4.79 Å². The summed E-state index contributed by atoms with van der Waals surface area (Å²) in [6, 6.07) is 12.4. The molecule has 120 valence electrons. The molecule has 1 unspecified atom stereocenters. The molecule has 24 heavy (non-hydrogen) atoms. The van der Waals surface area contributed by atoms with E-state index in [-0.39, 0.29) is 23.5 Å². The molecule has 0 aliphatic heterocycles. The molecule has 0 bridgehead atoms. The molecule has 5 nitrogen and oxygen atoms in total. The molecule has 3 rings (SSSR count). The number of Topliss-reactive ketones (excluding diaryl/α,β-unsaturated/α-hetero) is 2. The normalized spacial score (nSPS) is 12.0. The molecule has 1 heterocycles. The maximum Gasteiger partial charge on any atom is 0.242 e. The summed E-state index contributed by atoms with van der Waals surface area (Å²) in [4.78, 5) is 35.8. The molecule has 0 saturated heterocycles. The fourth-order valence-corrected chi connectivity index (χ4v) is 2.79. The van der Waals surface area contributed by atoms with Gasteiger partial charge in [0.1, 0.15) is 11.4 Å². The number of aldehydes is 1. The van der Waals surface area contributed by atoms with E-state index < -0.39 is 11.8 Å². The number of aromatic nitrogens is 1. The molecule has 0 fully saturated rings. The first-order chi connectivity index (χ1) is 11.5. The number of phenols is 1. The van der Waals surface area contributed by atoms with E-state index in [9.17, 15) is 19.5 Å². The molecule has 3 aromatic rings. The highest BCUT2D eigenvalue weighted by Gasteiger charge is 2.24. The van der Waals surface area contributed by atoms with Crippen LogP contribution in [-0.4, -0.2) is 27.5 Å². The number of aromatic hydroxyl groups is 1. The summed E-state index contributed by atoms with van der Waals surface area (Å²) >= 11 is 0. The first kappa shape index (κ1) is 15.7. The Kier molecular flexibility index (Phi) is 4.00. The molecule has 1 atom stereocenters. The van der Waals surface area contributed by atoms with E-state index in [0.29, 0.717) is 10.9 Å². The lowest BCUT2D eigenvalue weighted by Gasteiger charge is -2.15. The van der Waals surface area contributed by atoms with Gasteiger partial charge >= 0.3 is 0 Å². The summed E-state index contributed by atoms with van der Waals surface area (Å²) in [6.45, 7) is 1.68. The summed E-state index contributed by atoms with van der Waals surface area (Å²) in [5.41, 5.74) is 0.628. The van der Waals surface area contributed by atoms with Gasteiger partial charge in [-0.1, -0.05) is 24.3 Å². The highest BCUT2D eigenvalue weighted by atomic mass is 16.3. The third-order valence-corrected chi connectivity index (χ3v) is 4.04. The molecule has 1 N–H and O–H groups in total. The first-order valence-corrected chi connectivity index (χ1v) is 7.45. The van der Waals surface area contributed by atoms with Gasteiger partial charge in [0, 0.05) is 22.5 Å². The van der Waals surface area contributed by atoms with Crippen molar-refractivity contribution >= 4 is 28.6 Å². The number of rotatable bonds is 5. The van der Waals surface area contributed by atoms with E-state index in [1.54, 1.807) is 25.3 Å². The van der Waals surface area contributed by atoms with Gasteiger partial charge in [0.15, 0.2) is 12.1 Å². The van der Waals surface area contributed by atoms with Gasteiger partial charge in [-0.05, 0) is 31.2 Å². The molecule has 0 aliphatic carbocycles. The number of phenolic OH excluding ortho intramolecular Hbond substituents is 1. The van der Waals surface area contributed by atoms with Crippen molar-refractivity contribution in [1.82, 2.24) is 4.57 Å². The molecule has 0 radical (unpaired) electrons. The number of ketones is 2. The van der Waals surface area contributed by atoms with Crippen molar-refractivity contribution in [1.29, 1.82) is 0 Å². The van der Waals surface area contributed by atoms with Crippen LogP contribution in [0.3, 0.4) is 0 Å². The van der Waals surface area contributed by atoms with Crippen molar-refractivity contribution in [2.75, 3.05) is 0 Å². The van der Waals surface area contributed by atoms with E-state index in [2.05, 4.69) is 0 Å². The number of hydrogen-bond donors (Lipinski definition) is 1. The summed E-state index contributed by atoms with van der Waals surface area (Å²) in [7, 11) is 0. The van der Waals surface area contributed by atoms with Gasteiger partial charge in [-0.15, -0.1) is 0 Å². The highest BCUT2D eigenvalue weighted by Crippen LogP contribution is 2.26. The number of benzene rings is 2. The van der Waals surface area contributed by atoms with Crippen LogP contribution < -0.4 is 0 Å². The van der Waals surface area contributed by atoms with Crippen LogP contribution in [0.15, 0.2) is 54.7 Å². The Hall–Kier alpha value is -3.21. The van der Waals surface area contributed by atoms with Crippen molar-refractivity contribution in [3.8, 4) is 5.75 Å². The fourth-order valence-electron chi connectivity index (χ4n) is 2.79. The molecule has 2 aromatic carbocycles. The van der Waals surface area contributed by atoms with Gasteiger partial charge in [-0.2, -0.15) is 0 Å². The average molecular weight is 321 g/mol. The summed E-state index contributed by atoms with van der Waals surface area (Å²) in [6.07, 6.45) is 1.96. The van der Waals surface area contributed by atoms with Crippen molar-refractivity contribution in [3.05, 3.63) is 66.0 Å². The van der Waals surface area contributed by atoms with Gasteiger partial charge in [-0.3, -0.25) is 14.4 Å². The molecule has 0 spiro atoms. The van der Waals surface area contributed by atoms with Crippen molar-refractivity contribution in [2.45, 2.75) is 13.0 Å². The number of carbonyl (C=O) groups excluding carboxylic acids is 3. The minimum absolute atomic E-state index is 0.0720. The minimum atomic E-state index is -0.666. The first-order valence-electron chi connectivity index (χ1n) is 7.45. The Morgan fingerprint density at radius 3 is 2.42 bits per heavy atom. The number of fused-ring (bicyclic) bond motifs is 1. The summed E-state index contributed by atoms with van der Waals surface area (Å²) < 4.78 is 1.54. The van der Waals surface area contributed by atoms with Gasteiger partial charge in [0.2, 0.25) is 5.78 Å². The molecule has 1 aromatic heterocycles. The van der Waals surface area contributed by atoms with E-state index in [4.69, 9.17) is 0 Å². The second-order valence-corrected chi connectivity index (χ2v) is 5.54. The average Bonchev–Trinajstić information content (AvgIpc) is 3.00. The maximum atomic E-state index is 12.7. The lowest BCUT2D eigenvalue weighted by molar-refractivity contribution is -0.104. The zero-order valence-corrected chi connectivity index (χ0v) is 13.0. The molecule has 0 saturated carbocycles. The van der Waals surface area contributed by atoms with Crippen molar-refractivity contribution in [2.24, 2.45) is 0 Å². The van der Waals surface area contributed by atoms with E-state index in [1.165, 1.54) is 28.8 Å². The zero-order valence-electron chi connectivity index (χ0n) is 13.0. The van der Waals surface area contributed by atoms with Gasteiger partial charge in [-0.25, -0.2) is 0 Å². The van der Waals surface area contributed by atoms with Gasteiger partial charge in [0.05, 0.1) is 6.04 Å². The molecule has 5 heteroatoms. The second kappa shape index (κ2) is 6.12. The second-order valence-electron chi connectivity index (χ2n) is 5.54. The topological polar surface area (TPSA) is 76.4 Å². The molecular weight excluding hydrogens is 306 g/mol. The van der Waals surface area contributed by atoms with E-state index >= 15 is 0 Å². The molecule has 0 aliphatic rings. The van der Waals surface area contributed by atoms with E-state index in [0.717, 1.165) is 5.39 Å². The van der Waals surface area contributed by atoms with Crippen LogP contribution in [0.1, 0.15) is 33.8 Å². The lowest BCUT2D eigenvalue weighted by Crippen LogP contribution is -2.20. The quantitative estimate of drug-likeness (QED) is 0.445. The number of nitrogens with zero attached hydrogens (tertiary/aromatic N) is 1. The van der Waals surface area contributed by atoms with Crippen molar-refractivity contribution < 1.29 is 19.5 Å². The molecule has 0 amide bonds. The smallest absolute Gasteiger partial charge is 0.242 e. The zero-order chi connectivity index (χ0) is 17.3. The Morgan fingerprint density at radius 1 is 1.08 bits per heavy atom. The third kappa shape index (κ3) is 2.60. The van der Waals surface area contributed by atoms with Gasteiger partial charge in [0.25, 0.3) is 0 Å². The highest BCUT2D eigenvalue weighted by molar-refractivity contribution is 6.36. The summed E-state index contributed by atoms with van der Waals surface area (Å²) in [5.74, 6) is -0.806. The van der Waals surface area contributed by atoms with Crippen LogP contribution >= 0.6 is 0 Å². The fraction of sp³-hybridized carbons (Fsp3) is 0.105. The summed E-state index contributed by atoms with van der Waals surface area (Å²) in [5, 5.41) is 10.8. The number of carbonyl (C=O) groups is 3. The SMILES string of the molecule is CC(C(=O)c1ccc(O)cc1)n1cc2ccccc2c1C(=O)C=O. The largest absolute Gasteiger partial charge is 0.508 e. The maximum absolute atomic E-state index is 12.7. The van der Waals surface area contributed by atoms with Crippen LogP contribution in [0, 0.1) is 0 Å². The van der Waals surface area contributed by atoms with E-state index in [1.807, 2.05) is 12.1 Å². The van der Waals surface area contributed by atoms with Crippen LogP contribution in [0.5, 0.6) is 5.75 Å².